The van der Waals surface area contributed by atoms with Gasteiger partial charge in [0.25, 0.3) is 0 Å². The molecule has 22 heavy (non-hydrogen) atoms. The van der Waals surface area contributed by atoms with Gasteiger partial charge in [0.05, 0.1) is 5.69 Å². The minimum atomic E-state index is -0.202. The van der Waals surface area contributed by atoms with E-state index in [2.05, 4.69) is 5.32 Å². The van der Waals surface area contributed by atoms with E-state index in [4.69, 9.17) is 0 Å². The highest BCUT2D eigenvalue weighted by Crippen LogP contribution is 2.23. The molecule has 1 aromatic rings. The van der Waals surface area contributed by atoms with Crippen LogP contribution in [0, 0.1) is 5.82 Å². The maximum Gasteiger partial charge on any atom is 0.321 e. The summed E-state index contributed by atoms with van der Waals surface area (Å²) in [4.78, 5) is 15.9. The minimum absolute atomic E-state index is 0.0485. The molecule has 118 valence electrons. The van der Waals surface area contributed by atoms with Gasteiger partial charge >= 0.3 is 6.03 Å². The van der Waals surface area contributed by atoms with Crippen LogP contribution in [0.15, 0.2) is 36.0 Å². The lowest BCUT2D eigenvalue weighted by atomic mass is 10.2. The first-order valence-corrected chi connectivity index (χ1v) is 7.97. The number of anilines is 1. The third-order valence-corrected chi connectivity index (χ3v) is 4.41. The molecule has 0 unspecified atom stereocenters. The highest BCUT2D eigenvalue weighted by Gasteiger charge is 2.22. The van der Waals surface area contributed by atoms with Crippen molar-refractivity contribution in [2.45, 2.75) is 25.7 Å². The van der Waals surface area contributed by atoms with Crippen molar-refractivity contribution in [1.82, 2.24) is 10.2 Å². The Morgan fingerprint density at radius 3 is 2.45 bits per heavy atom. The van der Waals surface area contributed by atoms with E-state index in [1.54, 1.807) is 17.0 Å². The van der Waals surface area contributed by atoms with Crippen molar-refractivity contribution in [2.75, 3.05) is 31.1 Å². The number of rotatable bonds is 2. The average molecular weight is 303 g/mol. The molecule has 0 spiro atoms. The molecule has 1 aromatic carbocycles. The molecule has 4 nitrogen and oxygen atoms in total. The van der Waals surface area contributed by atoms with Crippen molar-refractivity contribution in [1.29, 1.82) is 0 Å². The molecule has 0 atom stereocenters. The lowest BCUT2D eigenvalue weighted by Crippen LogP contribution is -2.51. The van der Waals surface area contributed by atoms with Gasteiger partial charge in [-0.25, -0.2) is 9.18 Å². The van der Waals surface area contributed by atoms with E-state index in [1.165, 1.54) is 24.5 Å². The Kier molecular flexibility index (Phi) is 4.61. The summed E-state index contributed by atoms with van der Waals surface area (Å²) in [5.41, 5.74) is 1.95. The van der Waals surface area contributed by atoms with Crippen molar-refractivity contribution < 1.29 is 9.18 Å². The summed E-state index contributed by atoms with van der Waals surface area (Å²) in [6.45, 7) is 2.54. The normalized spacial score (nSPS) is 18.5. The number of hydrogen-bond acceptors (Lipinski definition) is 2. The first-order chi connectivity index (χ1) is 10.7. The number of carbonyl (C=O) groups excluding carboxylic acids is 1. The second-order valence-electron chi connectivity index (χ2n) is 5.88. The van der Waals surface area contributed by atoms with E-state index in [0.717, 1.165) is 12.8 Å². The van der Waals surface area contributed by atoms with Gasteiger partial charge in [0.2, 0.25) is 0 Å². The van der Waals surface area contributed by atoms with Gasteiger partial charge in [-0.1, -0.05) is 17.7 Å². The van der Waals surface area contributed by atoms with Crippen LogP contribution in [0.3, 0.4) is 0 Å². The zero-order valence-electron chi connectivity index (χ0n) is 12.7. The number of benzene rings is 1. The maximum absolute atomic E-state index is 13.8. The molecule has 0 aromatic heterocycles. The van der Waals surface area contributed by atoms with Crippen LogP contribution in [0.2, 0.25) is 0 Å². The topological polar surface area (TPSA) is 35.6 Å². The number of halogens is 1. The predicted molar refractivity (Wildman–Crippen MR) is 85.3 cm³/mol. The first kappa shape index (κ1) is 14.9. The zero-order valence-corrected chi connectivity index (χ0v) is 12.7. The van der Waals surface area contributed by atoms with Gasteiger partial charge in [0.1, 0.15) is 5.82 Å². The Bertz CT molecular complexity index is 557. The summed E-state index contributed by atoms with van der Waals surface area (Å²) in [5, 5.41) is 2.89. The molecule has 1 heterocycles. The lowest BCUT2D eigenvalue weighted by Gasteiger charge is -2.36. The molecule has 3 rings (SSSR count). The first-order valence-electron chi connectivity index (χ1n) is 7.97. The van der Waals surface area contributed by atoms with Crippen molar-refractivity contribution >= 4 is 11.7 Å². The fraction of sp³-hybridized carbons (Fsp3) is 0.471. The maximum atomic E-state index is 13.8. The van der Waals surface area contributed by atoms with Crippen LogP contribution in [-0.4, -0.2) is 37.1 Å². The molecule has 2 amide bonds. The number of carbonyl (C=O) groups is 1. The van der Waals surface area contributed by atoms with Crippen molar-refractivity contribution in [3.8, 4) is 0 Å². The Balaban J connectivity index is 1.52. The number of amides is 2. The van der Waals surface area contributed by atoms with Crippen molar-refractivity contribution in [2.24, 2.45) is 0 Å². The van der Waals surface area contributed by atoms with Gasteiger partial charge in [-0.15, -0.1) is 0 Å². The molecular weight excluding hydrogens is 281 g/mol. The standard InChI is InChI=1S/C17H22FN3O/c18-15-7-3-4-8-16(15)20-9-11-21(12-10-20)17(22)19-13-14-5-1-2-6-14/h3-4,7-8,13H,1-2,5-6,9-12H2,(H,19,22). The van der Waals surface area contributed by atoms with Crippen molar-refractivity contribution in [3.63, 3.8) is 0 Å². The third kappa shape index (κ3) is 3.40. The SMILES string of the molecule is O=C(NC=C1CCCC1)N1CCN(c2ccccc2F)CC1. The second kappa shape index (κ2) is 6.81. The number of para-hydroxylation sites is 1. The minimum Gasteiger partial charge on any atom is -0.366 e. The van der Waals surface area contributed by atoms with E-state index in [-0.39, 0.29) is 11.8 Å². The fourth-order valence-electron chi connectivity index (χ4n) is 3.09. The number of nitrogens with one attached hydrogen (secondary N) is 1. The number of piperazine rings is 1. The average Bonchev–Trinajstić information content (AvgIpc) is 3.07. The molecule has 1 aliphatic carbocycles. The van der Waals surface area contributed by atoms with Crippen LogP contribution in [0.5, 0.6) is 0 Å². The number of allylic oxidation sites excluding steroid dienone is 1. The Hall–Kier alpha value is -2.04. The predicted octanol–water partition coefficient (Wildman–Crippen LogP) is 3.12. The second-order valence-corrected chi connectivity index (χ2v) is 5.88. The molecule has 2 aliphatic rings. The highest BCUT2D eigenvalue weighted by atomic mass is 19.1. The van der Waals surface area contributed by atoms with Gasteiger partial charge in [0, 0.05) is 32.4 Å². The number of hydrogen-bond donors (Lipinski definition) is 1. The number of nitrogens with zero attached hydrogens (tertiary/aromatic N) is 2. The van der Waals surface area contributed by atoms with Gasteiger partial charge in [0.15, 0.2) is 0 Å². The zero-order chi connectivity index (χ0) is 15.4. The van der Waals surface area contributed by atoms with Crippen LogP contribution in [0.25, 0.3) is 0 Å². The largest absolute Gasteiger partial charge is 0.366 e. The van der Waals surface area contributed by atoms with Crippen LogP contribution < -0.4 is 10.2 Å². The summed E-state index contributed by atoms with van der Waals surface area (Å²) in [6, 6.07) is 6.75. The Morgan fingerprint density at radius 2 is 1.77 bits per heavy atom. The van der Waals surface area contributed by atoms with Crippen LogP contribution >= 0.6 is 0 Å². The highest BCUT2D eigenvalue weighted by molar-refractivity contribution is 5.75. The lowest BCUT2D eigenvalue weighted by molar-refractivity contribution is 0.198. The monoisotopic (exact) mass is 303 g/mol. The molecule has 0 bridgehead atoms. The summed E-state index contributed by atoms with van der Waals surface area (Å²) < 4.78 is 13.8. The Morgan fingerprint density at radius 1 is 1.09 bits per heavy atom. The molecule has 5 heteroatoms. The number of urea groups is 1. The quantitative estimate of drug-likeness (QED) is 0.911. The summed E-state index contributed by atoms with van der Waals surface area (Å²) in [5.74, 6) is -0.202. The molecule has 1 N–H and O–H groups in total. The third-order valence-electron chi connectivity index (χ3n) is 4.41. The molecule has 1 aliphatic heterocycles. The van der Waals surface area contributed by atoms with Gasteiger partial charge in [-0.05, 0) is 37.8 Å². The molecule has 0 radical (unpaired) electrons. The van der Waals surface area contributed by atoms with Crippen molar-refractivity contribution in [3.05, 3.63) is 41.9 Å². The van der Waals surface area contributed by atoms with Crippen LogP contribution in [0.4, 0.5) is 14.9 Å². The summed E-state index contributed by atoms with van der Waals surface area (Å²) >= 11 is 0. The smallest absolute Gasteiger partial charge is 0.321 e. The van der Waals surface area contributed by atoms with Crippen LogP contribution in [0.1, 0.15) is 25.7 Å². The van der Waals surface area contributed by atoms with Gasteiger partial charge in [-0.2, -0.15) is 0 Å². The van der Waals surface area contributed by atoms with E-state index >= 15 is 0 Å². The fourth-order valence-corrected chi connectivity index (χ4v) is 3.09. The molecular formula is C17H22FN3O. The van der Waals surface area contributed by atoms with Gasteiger partial charge < -0.3 is 15.1 Å². The van der Waals surface area contributed by atoms with E-state index in [9.17, 15) is 9.18 Å². The Labute approximate surface area is 130 Å². The van der Waals surface area contributed by atoms with E-state index < -0.39 is 0 Å². The molecule has 2 fully saturated rings. The van der Waals surface area contributed by atoms with Gasteiger partial charge in [-0.3, -0.25) is 0 Å². The molecule has 1 saturated carbocycles. The summed E-state index contributed by atoms with van der Waals surface area (Å²) in [6.07, 6.45) is 6.52. The van der Waals surface area contributed by atoms with Crippen LogP contribution in [-0.2, 0) is 0 Å². The summed E-state index contributed by atoms with van der Waals surface area (Å²) in [7, 11) is 0. The van der Waals surface area contributed by atoms with E-state index in [0.29, 0.717) is 31.9 Å². The van der Waals surface area contributed by atoms with E-state index in [1.807, 2.05) is 17.2 Å². The molecule has 1 saturated heterocycles.